The van der Waals surface area contributed by atoms with E-state index in [2.05, 4.69) is 20.9 Å². The Bertz CT molecular complexity index is 473. The van der Waals surface area contributed by atoms with E-state index >= 15 is 0 Å². The molecule has 1 aromatic rings. The minimum Gasteiger partial charge on any atom is -0.493 e. The van der Waals surface area contributed by atoms with Crippen molar-refractivity contribution < 1.29 is 4.74 Å². The molecule has 1 aromatic heterocycles. The first kappa shape index (κ1) is 13.6. The molecule has 2 heterocycles. The number of rotatable bonds is 3. The molecule has 102 valence electrons. The molecule has 0 aromatic carbocycles. The molecule has 0 saturated carbocycles. The van der Waals surface area contributed by atoms with Crippen LogP contribution in [0.25, 0.3) is 0 Å². The van der Waals surface area contributed by atoms with Crippen LogP contribution in [0.2, 0.25) is 0 Å². The molecule has 1 aliphatic rings. The third-order valence-corrected chi connectivity index (χ3v) is 3.61. The molecule has 19 heavy (non-hydrogen) atoms. The summed E-state index contributed by atoms with van der Waals surface area (Å²) in [5, 5.41) is 9.17. The summed E-state index contributed by atoms with van der Waals surface area (Å²) in [5.74, 6) is 1.69. The number of nitriles is 1. The molecule has 0 bridgehead atoms. The zero-order valence-corrected chi connectivity index (χ0v) is 11.8. The fraction of sp³-hybridized carbons (Fsp3) is 0.571. The van der Waals surface area contributed by atoms with Gasteiger partial charge in [-0.2, -0.15) is 5.26 Å². The van der Waals surface area contributed by atoms with Gasteiger partial charge in [-0.05, 0) is 26.0 Å². The van der Waals surface area contributed by atoms with Gasteiger partial charge in [0.05, 0.1) is 13.2 Å². The van der Waals surface area contributed by atoms with Crippen LogP contribution in [0, 0.1) is 11.3 Å². The molecule has 5 heteroatoms. The summed E-state index contributed by atoms with van der Waals surface area (Å²) < 4.78 is 5.34. The average molecular weight is 260 g/mol. The number of hydrogen-bond donors (Lipinski definition) is 0. The van der Waals surface area contributed by atoms with Crippen LogP contribution >= 0.6 is 0 Å². The van der Waals surface area contributed by atoms with E-state index in [-0.39, 0.29) is 0 Å². The summed E-state index contributed by atoms with van der Waals surface area (Å²) in [5.41, 5.74) is -0.402. The molecule has 0 unspecified atom stereocenters. The summed E-state index contributed by atoms with van der Waals surface area (Å²) in [6.07, 6.45) is 1.78. The second kappa shape index (κ2) is 5.45. The van der Waals surface area contributed by atoms with Crippen LogP contribution in [0.5, 0.6) is 5.75 Å². The fourth-order valence-electron chi connectivity index (χ4n) is 2.33. The zero-order chi connectivity index (χ0) is 13.9. The lowest BCUT2D eigenvalue weighted by atomic mass is 10.0. The molecular weight excluding hydrogens is 240 g/mol. The van der Waals surface area contributed by atoms with Crippen LogP contribution in [-0.2, 0) is 0 Å². The second-order valence-corrected chi connectivity index (χ2v) is 5.17. The summed E-state index contributed by atoms with van der Waals surface area (Å²) in [6.45, 7) is 7.37. The summed E-state index contributed by atoms with van der Waals surface area (Å²) in [4.78, 5) is 8.82. The van der Waals surface area contributed by atoms with Gasteiger partial charge < -0.3 is 9.64 Å². The fourth-order valence-corrected chi connectivity index (χ4v) is 2.33. The van der Waals surface area contributed by atoms with Crippen LogP contribution in [0.3, 0.4) is 0 Å². The van der Waals surface area contributed by atoms with Gasteiger partial charge in [-0.15, -0.1) is 0 Å². The van der Waals surface area contributed by atoms with Gasteiger partial charge in [-0.3, -0.25) is 4.90 Å². The molecule has 2 rings (SSSR count). The van der Waals surface area contributed by atoms with Crippen molar-refractivity contribution in [1.29, 1.82) is 5.26 Å². The summed E-state index contributed by atoms with van der Waals surface area (Å²) in [6, 6.07) is 6.15. The predicted octanol–water partition coefficient (Wildman–Crippen LogP) is 1.51. The predicted molar refractivity (Wildman–Crippen MR) is 74.3 cm³/mol. The first-order valence-corrected chi connectivity index (χ1v) is 6.49. The topological polar surface area (TPSA) is 52.4 Å². The SMILES string of the molecule is COc1cccnc1N1CCN(C(C)(C)C#N)CC1. The number of hydrogen-bond acceptors (Lipinski definition) is 5. The monoisotopic (exact) mass is 260 g/mol. The maximum absolute atomic E-state index is 9.17. The number of aromatic nitrogens is 1. The minimum absolute atomic E-state index is 0.402. The molecule has 1 fully saturated rings. The van der Waals surface area contributed by atoms with Gasteiger partial charge in [0.1, 0.15) is 5.54 Å². The molecule has 0 atom stereocenters. The van der Waals surface area contributed by atoms with Crippen LogP contribution < -0.4 is 9.64 Å². The van der Waals surface area contributed by atoms with Gasteiger partial charge in [0.15, 0.2) is 11.6 Å². The van der Waals surface area contributed by atoms with Gasteiger partial charge >= 0.3 is 0 Å². The van der Waals surface area contributed by atoms with E-state index in [4.69, 9.17) is 4.74 Å². The lowest BCUT2D eigenvalue weighted by Gasteiger charge is -2.41. The van der Waals surface area contributed by atoms with E-state index < -0.39 is 5.54 Å². The van der Waals surface area contributed by atoms with Crippen LogP contribution in [0.15, 0.2) is 18.3 Å². The minimum atomic E-state index is -0.402. The molecule has 0 aliphatic carbocycles. The number of anilines is 1. The van der Waals surface area contributed by atoms with Crippen molar-refractivity contribution in [3.63, 3.8) is 0 Å². The summed E-state index contributed by atoms with van der Waals surface area (Å²) in [7, 11) is 1.66. The second-order valence-electron chi connectivity index (χ2n) is 5.17. The molecule has 1 saturated heterocycles. The maximum atomic E-state index is 9.17. The highest BCUT2D eigenvalue weighted by Crippen LogP contribution is 2.26. The highest BCUT2D eigenvalue weighted by molar-refractivity contribution is 5.52. The Balaban J connectivity index is 2.06. The van der Waals surface area contributed by atoms with Crippen molar-refractivity contribution in [2.75, 3.05) is 38.2 Å². The first-order valence-electron chi connectivity index (χ1n) is 6.49. The molecule has 0 spiro atoms. The van der Waals surface area contributed by atoms with E-state index in [9.17, 15) is 5.26 Å². The number of nitrogens with zero attached hydrogens (tertiary/aromatic N) is 4. The third kappa shape index (κ3) is 2.79. The number of methoxy groups -OCH3 is 1. The van der Waals surface area contributed by atoms with E-state index in [1.165, 1.54) is 0 Å². The molecular formula is C14H20N4O. The molecule has 0 N–H and O–H groups in total. The zero-order valence-electron chi connectivity index (χ0n) is 11.8. The van der Waals surface area contributed by atoms with Crippen LogP contribution in [-0.4, -0.2) is 48.7 Å². The Kier molecular flexibility index (Phi) is 3.91. The van der Waals surface area contributed by atoms with E-state index in [1.807, 2.05) is 26.0 Å². The van der Waals surface area contributed by atoms with E-state index in [0.717, 1.165) is 37.7 Å². The van der Waals surface area contributed by atoms with Crippen molar-refractivity contribution in [1.82, 2.24) is 9.88 Å². The quantitative estimate of drug-likeness (QED) is 0.824. The summed E-state index contributed by atoms with van der Waals surface area (Å²) >= 11 is 0. The lowest BCUT2D eigenvalue weighted by molar-refractivity contribution is 0.157. The van der Waals surface area contributed by atoms with Crippen LogP contribution in [0.1, 0.15) is 13.8 Å². The smallest absolute Gasteiger partial charge is 0.171 e. The average Bonchev–Trinajstić information content (AvgIpc) is 2.47. The Hall–Kier alpha value is -1.80. The third-order valence-electron chi connectivity index (χ3n) is 3.61. The molecule has 1 aliphatic heterocycles. The number of pyridine rings is 1. The van der Waals surface area contributed by atoms with Crippen molar-refractivity contribution >= 4 is 5.82 Å². The van der Waals surface area contributed by atoms with Crippen molar-refractivity contribution in [2.24, 2.45) is 0 Å². The van der Waals surface area contributed by atoms with Crippen LogP contribution in [0.4, 0.5) is 5.82 Å². The van der Waals surface area contributed by atoms with Gasteiger partial charge in [-0.1, -0.05) is 0 Å². The standard InChI is InChI=1S/C14H20N4O/c1-14(2,11-15)18-9-7-17(8-10-18)13-12(19-3)5-4-6-16-13/h4-6H,7-10H2,1-3H3. The Morgan fingerprint density at radius 2 is 2.00 bits per heavy atom. The first-order chi connectivity index (χ1) is 9.08. The molecule has 5 nitrogen and oxygen atoms in total. The normalized spacial score (nSPS) is 17.1. The van der Waals surface area contributed by atoms with Crippen molar-refractivity contribution in [3.05, 3.63) is 18.3 Å². The number of piperazine rings is 1. The Morgan fingerprint density at radius 3 is 2.58 bits per heavy atom. The highest BCUT2D eigenvalue weighted by atomic mass is 16.5. The number of ether oxygens (including phenoxy) is 1. The maximum Gasteiger partial charge on any atom is 0.171 e. The highest BCUT2D eigenvalue weighted by Gasteiger charge is 2.30. The largest absolute Gasteiger partial charge is 0.493 e. The van der Waals surface area contributed by atoms with Gasteiger partial charge in [0, 0.05) is 32.4 Å². The van der Waals surface area contributed by atoms with Crippen molar-refractivity contribution in [3.8, 4) is 11.8 Å². The van der Waals surface area contributed by atoms with E-state index in [1.54, 1.807) is 13.3 Å². The van der Waals surface area contributed by atoms with Crippen molar-refractivity contribution in [2.45, 2.75) is 19.4 Å². The molecule has 0 radical (unpaired) electrons. The Labute approximate surface area is 114 Å². The van der Waals surface area contributed by atoms with E-state index in [0.29, 0.717) is 0 Å². The molecule has 0 amide bonds. The Morgan fingerprint density at radius 1 is 1.32 bits per heavy atom. The van der Waals surface area contributed by atoms with Gasteiger partial charge in [-0.25, -0.2) is 4.98 Å². The lowest BCUT2D eigenvalue weighted by Crippen LogP contribution is -2.54. The van der Waals surface area contributed by atoms with Gasteiger partial charge in [0.2, 0.25) is 0 Å². The van der Waals surface area contributed by atoms with Gasteiger partial charge in [0.25, 0.3) is 0 Å².